The fourth-order valence-corrected chi connectivity index (χ4v) is 4.65. The number of amides is 2. The van der Waals surface area contributed by atoms with E-state index in [4.69, 9.17) is 0 Å². The van der Waals surface area contributed by atoms with E-state index in [0.717, 1.165) is 5.56 Å². The zero-order valence-corrected chi connectivity index (χ0v) is 17.4. The molecule has 1 saturated heterocycles. The minimum atomic E-state index is -0.537. The van der Waals surface area contributed by atoms with Crippen molar-refractivity contribution in [1.82, 2.24) is 0 Å². The second-order valence-electron chi connectivity index (χ2n) is 6.92. The summed E-state index contributed by atoms with van der Waals surface area (Å²) in [6.45, 7) is 0. The third kappa shape index (κ3) is 4.52. The van der Waals surface area contributed by atoms with Crippen LogP contribution in [0.2, 0.25) is 0 Å². The van der Waals surface area contributed by atoms with E-state index in [1.54, 1.807) is 36.4 Å². The van der Waals surface area contributed by atoms with Gasteiger partial charge in [-0.15, -0.1) is 0 Å². The summed E-state index contributed by atoms with van der Waals surface area (Å²) in [5, 5.41) is 12.5. The van der Waals surface area contributed by atoms with Gasteiger partial charge in [0, 0.05) is 11.4 Å². The van der Waals surface area contributed by atoms with Crippen LogP contribution in [0.3, 0.4) is 0 Å². The lowest BCUT2D eigenvalue weighted by Gasteiger charge is -2.18. The molecular weight excluding hydrogens is 406 g/mol. The van der Waals surface area contributed by atoms with E-state index in [1.807, 2.05) is 60.7 Å². The summed E-state index contributed by atoms with van der Waals surface area (Å²) in [6.07, 6.45) is 0.510. The topological polar surface area (TPSA) is 73.2 Å². The highest BCUT2D eigenvalue weighted by Crippen LogP contribution is 2.41. The molecule has 0 bridgehead atoms. The number of thioether (sulfide) groups is 1. The molecule has 1 N–H and O–H groups in total. The largest absolute Gasteiger partial charge is 0.321 e. The van der Waals surface area contributed by atoms with Gasteiger partial charge in [-0.25, -0.2) is 0 Å². The summed E-state index contributed by atoms with van der Waals surface area (Å²) >= 11 is 1.26. The number of anilines is 2. The molecule has 0 spiro atoms. The first-order valence-electron chi connectivity index (χ1n) is 9.78. The van der Waals surface area contributed by atoms with Crippen LogP contribution in [0.15, 0.2) is 102 Å². The van der Waals surface area contributed by atoms with Gasteiger partial charge in [-0.1, -0.05) is 78.5 Å². The van der Waals surface area contributed by atoms with E-state index < -0.39 is 11.2 Å². The average Bonchev–Trinajstić information content (AvgIpc) is 3.11. The van der Waals surface area contributed by atoms with Crippen molar-refractivity contribution in [1.29, 1.82) is 5.26 Å². The summed E-state index contributed by atoms with van der Waals surface area (Å²) < 4.78 is 0. The van der Waals surface area contributed by atoms with Crippen molar-refractivity contribution in [2.45, 2.75) is 11.7 Å². The Balaban J connectivity index is 1.71. The second-order valence-corrected chi connectivity index (χ2v) is 8.11. The zero-order valence-electron chi connectivity index (χ0n) is 16.6. The maximum atomic E-state index is 13.4. The first-order chi connectivity index (χ1) is 15.2. The summed E-state index contributed by atoms with van der Waals surface area (Å²) in [7, 11) is 0. The van der Waals surface area contributed by atoms with Gasteiger partial charge >= 0.3 is 0 Å². The Hall–Kier alpha value is -3.82. The summed E-state index contributed by atoms with van der Waals surface area (Å²) in [4.78, 5) is 27.8. The Labute approximate surface area is 185 Å². The Kier molecular flexibility index (Phi) is 6.16. The highest BCUT2D eigenvalue weighted by Gasteiger charge is 2.40. The fraction of sp³-hybridized carbons (Fsp3) is 0.0800. The molecule has 3 aromatic rings. The van der Waals surface area contributed by atoms with Crippen molar-refractivity contribution in [3.8, 4) is 6.07 Å². The molecule has 0 radical (unpaired) electrons. The molecule has 1 heterocycles. The second kappa shape index (κ2) is 9.33. The van der Waals surface area contributed by atoms with Gasteiger partial charge in [-0.05, 0) is 36.2 Å². The van der Waals surface area contributed by atoms with Crippen LogP contribution in [0, 0.1) is 11.3 Å². The smallest absolute Gasteiger partial charge is 0.269 e. The van der Waals surface area contributed by atoms with Crippen LogP contribution < -0.4 is 10.2 Å². The highest BCUT2D eigenvalue weighted by atomic mass is 32.2. The van der Waals surface area contributed by atoms with E-state index in [1.165, 1.54) is 16.7 Å². The van der Waals surface area contributed by atoms with Crippen LogP contribution in [0.5, 0.6) is 0 Å². The number of hydrogen-bond donors (Lipinski definition) is 1. The molecule has 3 aromatic carbocycles. The van der Waals surface area contributed by atoms with E-state index in [-0.39, 0.29) is 11.5 Å². The minimum Gasteiger partial charge on any atom is -0.321 e. The van der Waals surface area contributed by atoms with E-state index in [9.17, 15) is 14.9 Å². The van der Waals surface area contributed by atoms with Crippen LogP contribution in [-0.4, -0.2) is 17.1 Å². The number of nitrogens with zero attached hydrogens (tertiary/aromatic N) is 2. The number of para-hydroxylation sites is 2. The highest BCUT2D eigenvalue weighted by molar-refractivity contribution is 8.05. The van der Waals surface area contributed by atoms with Gasteiger partial charge in [0.05, 0.1) is 5.25 Å². The lowest BCUT2D eigenvalue weighted by Crippen LogP contribution is -2.30. The third-order valence-electron chi connectivity index (χ3n) is 4.82. The van der Waals surface area contributed by atoms with Crippen LogP contribution in [0.25, 0.3) is 0 Å². The summed E-state index contributed by atoms with van der Waals surface area (Å²) in [6, 6.07) is 29.8. The van der Waals surface area contributed by atoms with Crippen molar-refractivity contribution >= 4 is 35.0 Å². The fourth-order valence-electron chi connectivity index (χ4n) is 3.34. The van der Waals surface area contributed by atoms with Crippen molar-refractivity contribution < 1.29 is 9.59 Å². The average molecular weight is 426 g/mol. The van der Waals surface area contributed by atoms with Crippen molar-refractivity contribution in [3.63, 3.8) is 0 Å². The summed E-state index contributed by atoms with van der Waals surface area (Å²) in [5.41, 5.74) is 2.16. The van der Waals surface area contributed by atoms with Gasteiger partial charge in [-0.3, -0.25) is 14.5 Å². The number of carbonyl (C=O) groups excluding carboxylic acids is 2. The minimum absolute atomic E-state index is 0.0818. The van der Waals surface area contributed by atoms with Crippen LogP contribution in [-0.2, 0) is 16.0 Å². The first kappa shape index (κ1) is 20.5. The molecule has 4 rings (SSSR count). The monoisotopic (exact) mass is 425 g/mol. The van der Waals surface area contributed by atoms with E-state index >= 15 is 0 Å². The molecule has 0 saturated carbocycles. The van der Waals surface area contributed by atoms with Crippen LogP contribution in [0.1, 0.15) is 5.56 Å². The van der Waals surface area contributed by atoms with Crippen LogP contribution >= 0.6 is 11.8 Å². The molecular formula is C25H19N3O2S. The van der Waals surface area contributed by atoms with Crippen molar-refractivity contribution in [3.05, 3.63) is 107 Å². The van der Waals surface area contributed by atoms with Crippen molar-refractivity contribution in [2.24, 2.45) is 0 Å². The first-order valence-corrected chi connectivity index (χ1v) is 10.7. The van der Waals surface area contributed by atoms with Gasteiger partial charge in [0.2, 0.25) is 5.91 Å². The number of rotatable bonds is 5. The molecule has 1 atom stereocenters. The molecule has 6 heteroatoms. The molecule has 0 aromatic heterocycles. The molecule has 0 aliphatic carbocycles. The number of nitrogens with one attached hydrogen (secondary N) is 1. The third-order valence-corrected chi connectivity index (χ3v) is 6.08. The lowest BCUT2D eigenvalue weighted by atomic mass is 10.1. The van der Waals surface area contributed by atoms with Gasteiger partial charge in [-0.2, -0.15) is 5.26 Å². The molecule has 31 heavy (non-hydrogen) atoms. The normalized spacial score (nSPS) is 17.2. The van der Waals surface area contributed by atoms with Gasteiger partial charge in [0.25, 0.3) is 5.91 Å². The number of nitriles is 1. The lowest BCUT2D eigenvalue weighted by molar-refractivity contribution is -0.117. The molecule has 152 valence electrons. The van der Waals surface area contributed by atoms with Gasteiger partial charge in [0.15, 0.2) is 0 Å². The molecule has 1 aliphatic heterocycles. The maximum Gasteiger partial charge on any atom is 0.269 e. The standard InChI is InChI=1S/C25H19N3O2S/c26-17-21(23(29)27-19-12-6-2-7-13-19)25-28(20-14-8-3-9-15-20)24(30)22(31-25)16-18-10-4-1-5-11-18/h1-15,22H,16H2,(H,27,29)/b25-21-/t22-/m0/s1. The SMILES string of the molecule is N#C/C(C(=O)Nc1ccccc1)=C1/S[C@@H](Cc2ccccc2)C(=O)N1c1ccccc1. The summed E-state index contributed by atoms with van der Waals surface area (Å²) in [5.74, 6) is -0.680. The molecule has 1 aliphatic rings. The van der Waals surface area contributed by atoms with Crippen molar-refractivity contribution in [2.75, 3.05) is 10.2 Å². The number of carbonyl (C=O) groups is 2. The maximum absolute atomic E-state index is 13.4. The zero-order chi connectivity index (χ0) is 21.6. The van der Waals surface area contributed by atoms with Gasteiger partial charge < -0.3 is 5.32 Å². The predicted molar refractivity (Wildman–Crippen MR) is 123 cm³/mol. The van der Waals surface area contributed by atoms with Crippen LogP contribution in [0.4, 0.5) is 11.4 Å². The van der Waals surface area contributed by atoms with E-state index in [0.29, 0.717) is 22.8 Å². The molecule has 5 nitrogen and oxygen atoms in total. The van der Waals surface area contributed by atoms with Gasteiger partial charge in [0.1, 0.15) is 16.7 Å². The molecule has 0 unspecified atom stereocenters. The number of benzene rings is 3. The molecule has 1 fully saturated rings. The Morgan fingerprint density at radius 2 is 1.52 bits per heavy atom. The number of hydrogen-bond acceptors (Lipinski definition) is 4. The van der Waals surface area contributed by atoms with E-state index in [2.05, 4.69) is 5.32 Å². The quantitative estimate of drug-likeness (QED) is 0.473. The Morgan fingerprint density at radius 3 is 2.13 bits per heavy atom. The Morgan fingerprint density at radius 1 is 0.935 bits per heavy atom. The Bertz CT molecular complexity index is 1160. The predicted octanol–water partition coefficient (Wildman–Crippen LogP) is 4.75. The molecule has 2 amide bonds.